The van der Waals surface area contributed by atoms with Crippen LogP contribution in [-0.4, -0.2) is 0 Å². The van der Waals surface area contributed by atoms with Crippen molar-refractivity contribution in [3.63, 3.8) is 0 Å². The Morgan fingerprint density at radius 3 is 0.963 bits per heavy atom. The van der Waals surface area contributed by atoms with Crippen molar-refractivity contribution in [2.24, 2.45) is 0 Å². The fraction of sp³-hybridized carbons (Fsp3) is 0.167. The lowest BCUT2D eigenvalue weighted by atomic mass is 9.77. The fourth-order valence-electron chi connectivity index (χ4n) is 9.00. The molecular weight excluding hydrogens is 750 g/mol. The highest BCUT2D eigenvalue weighted by molar-refractivity contribution is 6.50. The lowest BCUT2D eigenvalue weighted by Gasteiger charge is -2.49. The van der Waals surface area contributed by atoms with E-state index in [2.05, 4.69) is 50.3 Å². The number of fused-ring (bicyclic) bond motifs is 8. The molecule has 4 heterocycles. The molecule has 0 aliphatic carbocycles. The molecule has 6 heteroatoms. The third-order valence-electron chi connectivity index (χ3n) is 11.3. The van der Waals surface area contributed by atoms with Crippen LogP contribution in [0.4, 0.5) is 0 Å². The average Bonchev–Trinajstić information content (AvgIpc) is 3.71. The molecule has 6 aromatic carbocycles. The zero-order valence-electron chi connectivity index (χ0n) is 29.6. The molecule has 0 spiro atoms. The molecule has 0 saturated carbocycles. The number of rotatable bonds is 4. The van der Waals surface area contributed by atoms with E-state index in [1.165, 1.54) is 0 Å². The Hall–Kier alpha value is -4.12. The number of benzene rings is 6. The Labute approximate surface area is 336 Å². The van der Waals surface area contributed by atoms with Crippen LogP contribution in [0.15, 0.2) is 182 Å². The second-order valence-electron chi connectivity index (χ2n) is 14.6. The summed E-state index contributed by atoms with van der Waals surface area (Å²) in [6.07, 6.45) is 4.36. The summed E-state index contributed by atoms with van der Waals surface area (Å²) in [5, 5.41) is 0. The molecule has 10 rings (SSSR count). The SMILES string of the molecule is C[C@@]12C=C(c3ccccc3)[C@@](c3ccccc3)(O1)C(Cl)(Cl)c1ccccc12.C[C@]12C=C(c3ccccc3)[C@](c3ccccc3)(O1)C(Cl)(Cl)c1ccccc12. The summed E-state index contributed by atoms with van der Waals surface area (Å²) in [5.74, 6) is 0. The molecule has 0 fully saturated rings. The van der Waals surface area contributed by atoms with Crippen molar-refractivity contribution in [3.05, 3.63) is 227 Å². The number of halogens is 4. The standard InChI is InChI=1S/2C24H18Cl2O/c2*1-22-16-21(17-10-4-2-5-11-17)23(27-22,18-12-6-3-7-13-18)24(25,26)20-15-9-8-14-19(20)22/h2*2-16H,1H3/t2*22-,23+/m10/s1. The highest BCUT2D eigenvalue weighted by atomic mass is 35.5. The minimum absolute atomic E-state index is 0.606. The summed E-state index contributed by atoms with van der Waals surface area (Å²) in [5.41, 5.74) is 6.61. The quantitative estimate of drug-likeness (QED) is 0.166. The van der Waals surface area contributed by atoms with Crippen molar-refractivity contribution in [2.75, 3.05) is 0 Å². The van der Waals surface area contributed by atoms with Gasteiger partial charge in [0.05, 0.1) is 0 Å². The summed E-state index contributed by atoms with van der Waals surface area (Å²) < 4.78 is 11.1. The van der Waals surface area contributed by atoms with Gasteiger partial charge in [-0.3, -0.25) is 0 Å². The molecule has 0 aromatic heterocycles. The van der Waals surface area contributed by atoms with Crippen LogP contribution in [0.5, 0.6) is 0 Å². The monoisotopic (exact) mass is 784 g/mol. The van der Waals surface area contributed by atoms with Gasteiger partial charge in [-0.1, -0.05) is 216 Å². The summed E-state index contributed by atoms with van der Waals surface area (Å²) >= 11 is 28.8. The molecule has 0 saturated heterocycles. The van der Waals surface area contributed by atoms with Crippen LogP contribution in [-0.2, 0) is 40.5 Å². The van der Waals surface area contributed by atoms with Crippen LogP contribution < -0.4 is 0 Å². The zero-order valence-corrected chi connectivity index (χ0v) is 32.7. The summed E-state index contributed by atoms with van der Waals surface area (Å²) in [7, 11) is 0. The van der Waals surface area contributed by atoms with Crippen LogP contribution in [0.25, 0.3) is 11.1 Å². The third-order valence-corrected chi connectivity index (χ3v) is 13.2. The van der Waals surface area contributed by atoms with Gasteiger partial charge >= 0.3 is 0 Å². The second-order valence-corrected chi connectivity index (χ2v) is 17.3. The van der Waals surface area contributed by atoms with Gasteiger partial charge in [-0.05, 0) is 81.7 Å². The largest absolute Gasteiger partial charge is 0.347 e. The van der Waals surface area contributed by atoms with E-state index >= 15 is 0 Å². The van der Waals surface area contributed by atoms with Gasteiger partial charge in [-0.15, -0.1) is 0 Å². The van der Waals surface area contributed by atoms with Gasteiger partial charge < -0.3 is 9.47 Å². The topological polar surface area (TPSA) is 18.5 Å². The normalized spacial score (nSPS) is 27.7. The Balaban J connectivity index is 0.000000142. The van der Waals surface area contributed by atoms with Crippen molar-refractivity contribution in [1.29, 1.82) is 0 Å². The number of hydrogen-bond acceptors (Lipinski definition) is 2. The highest BCUT2D eigenvalue weighted by Gasteiger charge is 2.68. The molecule has 6 aromatic rings. The maximum atomic E-state index is 7.19. The molecule has 4 aliphatic rings. The Morgan fingerprint density at radius 2 is 0.630 bits per heavy atom. The van der Waals surface area contributed by atoms with Gasteiger partial charge in [0.1, 0.15) is 11.2 Å². The molecule has 4 aliphatic heterocycles. The molecule has 54 heavy (non-hydrogen) atoms. The van der Waals surface area contributed by atoms with E-state index in [-0.39, 0.29) is 0 Å². The van der Waals surface area contributed by atoms with E-state index < -0.39 is 31.1 Å². The maximum absolute atomic E-state index is 7.19. The van der Waals surface area contributed by atoms with Gasteiger partial charge in [0.2, 0.25) is 0 Å². The first kappa shape index (κ1) is 35.6. The zero-order chi connectivity index (χ0) is 37.4. The highest BCUT2D eigenvalue weighted by Crippen LogP contribution is 2.70. The average molecular weight is 787 g/mol. The van der Waals surface area contributed by atoms with E-state index in [0.29, 0.717) is 0 Å². The second kappa shape index (κ2) is 12.7. The predicted octanol–water partition coefficient (Wildman–Crippen LogP) is 13.1. The van der Waals surface area contributed by atoms with Crippen molar-refractivity contribution in [1.82, 2.24) is 0 Å². The summed E-state index contributed by atoms with van der Waals surface area (Å²) in [6, 6.07) is 56.6. The van der Waals surface area contributed by atoms with E-state index in [1.807, 2.05) is 146 Å². The van der Waals surface area contributed by atoms with Crippen LogP contribution in [0, 0.1) is 0 Å². The van der Waals surface area contributed by atoms with Crippen molar-refractivity contribution < 1.29 is 9.47 Å². The van der Waals surface area contributed by atoms with Crippen LogP contribution in [0.3, 0.4) is 0 Å². The van der Waals surface area contributed by atoms with E-state index in [1.54, 1.807) is 0 Å². The number of hydrogen-bond donors (Lipinski definition) is 0. The molecule has 4 atom stereocenters. The Kier molecular flexibility index (Phi) is 8.38. The van der Waals surface area contributed by atoms with E-state index in [4.69, 9.17) is 55.9 Å². The third kappa shape index (κ3) is 4.94. The molecule has 0 radical (unpaired) electrons. The van der Waals surface area contributed by atoms with Crippen LogP contribution >= 0.6 is 46.4 Å². The summed E-state index contributed by atoms with van der Waals surface area (Å²) in [4.78, 5) is 0. The molecule has 268 valence electrons. The minimum atomic E-state index is -1.28. The Morgan fingerprint density at radius 1 is 0.352 bits per heavy atom. The predicted molar refractivity (Wildman–Crippen MR) is 222 cm³/mol. The first-order valence-electron chi connectivity index (χ1n) is 18.0. The first-order chi connectivity index (χ1) is 26.0. The van der Waals surface area contributed by atoms with Gasteiger partial charge in [0.15, 0.2) is 19.9 Å². The molecule has 0 amide bonds. The van der Waals surface area contributed by atoms with Crippen LogP contribution in [0.2, 0.25) is 0 Å². The van der Waals surface area contributed by atoms with Gasteiger partial charge in [0, 0.05) is 0 Å². The molecule has 0 N–H and O–H groups in total. The van der Waals surface area contributed by atoms with Gasteiger partial charge in [-0.25, -0.2) is 0 Å². The minimum Gasteiger partial charge on any atom is -0.347 e. The maximum Gasteiger partial charge on any atom is 0.180 e. The van der Waals surface area contributed by atoms with E-state index in [0.717, 1.165) is 55.7 Å². The van der Waals surface area contributed by atoms with Crippen molar-refractivity contribution in [3.8, 4) is 0 Å². The lowest BCUT2D eigenvalue weighted by Crippen LogP contribution is -2.50. The summed E-state index contributed by atoms with van der Waals surface area (Å²) in [6.45, 7) is 4.17. The van der Waals surface area contributed by atoms with Crippen molar-refractivity contribution in [2.45, 2.75) is 44.9 Å². The van der Waals surface area contributed by atoms with Gasteiger partial charge in [0.25, 0.3) is 0 Å². The molecule has 4 bridgehead atoms. The van der Waals surface area contributed by atoms with Crippen molar-refractivity contribution >= 4 is 57.5 Å². The first-order valence-corrected chi connectivity index (χ1v) is 19.5. The van der Waals surface area contributed by atoms with E-state index in [9.17, 15) is 0 Å². The van der Waals surface area contributed by atoms with Crippen LogP contribution in [0.1, 0.15) is 58.4 Å². The smallest absolute Gasteiger partial charge is 0.180 e. The Bertz CT molecular complexity index is 2260. The molecular formula is C48H36Cl4O2. The van der Waals surface area contributed by atoms with Gasteiger partial charge in [-0.2, -0.15) is 0 Å². The lowest BCUT2D eigenvalue weighted by molar-refractivity contribution is -0.107. The number of alkyl halides is 4. The number of ether oxygens (including phenoxy) is 2. The fourth-order valence-corrected chi connectivity index (χ4v) is 10.7. The molecule has 2 nitrogen and oxygen atoms in total. The molecule has 0 unspecified atom stereocenters.